The molecule has 3 aromatic rings. The smallest absolute Gasteiger partial charge is 0.277 e. The van der Waals surface area contributed by atoms with Crippen LogP contribution < -0.4 is 31.8 Å². The predicted octanol–water partition coefficient (Wildman–Crippen LogP) is -0.0196. The zero-order chi connectivity index (χ0) is 22.0. The van der Waals surface area contributed by atoms with Crippen LogP contribution in [0.25, 0.3) is 11.0 Å². The first-order valence-corrected chi connectivity index (χ1v) is 9.38. The molecule has 0 atom stereocenters. The summed E-state index contributed by atoms with van der Waals surface area (Å²) in [6, 6.07) is 5.47. The van der Waals surface area contributed by atoms with Crippen LogP contribution in [0.3, 0.4) is 0 Å². The molecule has 0 aliphatic rings. The lowest BCUT2D eigenvalue weighted by Gasteiger charge is -2.08. The number of hydrogen-bond acceptors (Lipinski definition) is 7. The number of aromatic nitrogens is 4. The number of primary amides is 1. The average molecular weight is 434 g/mol. The first-order valence-electron chi connectivity index (χ1n) is 9.00. The van der Waals surface area contributed by atoms with Gasteiger partial charge in [0.15, 0.2) is 40.1 Å². The van der Waals surface area contributed by atoms with Crippen LogP contribution in [0, 0.1) is 0 Å². The van der Waals surface area contributed by atoms with Gasteiger partial charge in [-0.15, -0.1) is 0 Å². The third kappa shape index (κ3) is 3.92. The average Bonchev–Trinajstić information content (AvgIpc) is 2.99. The lowest BCUT2D eigenvalue weighted by Crippen LogP contribution is -2.45. The van der Waals surface area contributed by atoms with E-state index in [1.54, 1.807) is 17.7 Å². The zero-order valence-electron chi connectivity index (χ0n) is 16.5. The molecule has 0 aliphatic heterocycles. The minimum atomic E-state index is -0.585. The Labute approximate surface area is 176 Å². The number of aryl methyl sites for hydroxylation is 1. The van der Waals surface area contributed by atoms with Gasteiger partial charge in [-0.25, -0.2) is 19.1 Å². The van der Waals surface area contributed by atoms with Gasteiger partial charge in [0.1, 0.15) is 12.3 Å². The molecule has 2 heterocycles. The van der Waals surface area contributed by atoms with E-state index >= 15 is 0 Å². The van der Waals surface area contributed by atoms with E-state index in [1.807, 2.05) is 23.6 Å². The summed E-state index contributed by atoms with van der Waals surface area (Å²) in [7, 11) is 1.57. The highest BCUT2D eigenvalue weighted by Crippen LogP contribution is 2.22. The summed E-state index contributed by atoms with van der Waals surface area (Å²) in [6.07, 6.45) is 0. The Balaban J connectivity index is 2.01. The summed E-state index contributed by atoms with van der Waals surface area (Å²) in [5.41, 5.74) is 18.2. The van der Waals surface area contributed by atoms with Crippen molar-refractivity contribution < 1.29 is 18.9 Å². The topological polar surface area (TPSA) is 168 Å². The van der Waals surface area contributed by atoms with E-state index in [0.717, 1.165) is 11.0 Å². The van der Waals surface area contributed by atoms with Gasteiger partial charge in [-0.3, -0.25) is 9.59 Å². The molecule has 12 heteroatoms. The number of methoxy groups -OCH3 is 1. The van der Waals surface area contributed by atoms with Gasteiger partial charge >= 0.3 is 0 Å². The molecule has 0 aliphatic carbocycles. The predicted molar refractivity (Wildman–Crippen MR) is 111 cm³/mol. The highest BCUT2D eigenvalue weighted by atomic mass is 35.5. The van der Waals surface area contributed by atoms with Crippen molar-refractivity contribution in [3.63, 3.8) is 0 Å². The first kappa shape index (κ1) is 21.1. The van der Waals surface area contributed by atoms with Crippen molar-refractivity contribution >= 4 is 46.1 Å². The van der Waals surface area contributed by atoms with Crippen molar-refractivity contribution in [2.45, 2.75) is 26.6 Å². The molecule has 1 aromatic carbocycles. The maximum absolute atomic E-state index is 12.6. The molecule has 2 aromatic heterocycles. The summed E-state index contributed by atoms with van der Waals surface area (Å²) >= 11 is 5.85. The van der Waals surface area contributed by atoms with Crippen molar-refractivity contribution in [1.29, 1.82) is 0 Å². The monoisotopic (exact) mass is 433 g/mol. The van der Waals surface area contributed by atoms with Crippen LogP contribution in [0.5, 0.6) is 5.75 Å². The normalized spacial score (nSPS) is 10.9. The second kappa shape index (κ2) is 8.41. The van der Waals surface area contributed by atoms with Crippen LogP contribution in [-0.2, 0) is 24.4 Å². The van der Waals surface area contributed by atoms with Crippen LogP contribution in [0.1, 0.15) is 23.2 Å². The standard InChI is InChI=1S/C18H21ClN8O3/c1-3-26-11-6-9(30-2)4-5-10(11)27(8-12(20)28)13(26)7-23-18(29)14-16(21)25-17(22)15(19)24-14/h4-6H,3,7-8H2,1-2H3,(H6-,20,21,22,23,25,28,29)/p+1. The molecule has 30 heavy (non-hydrogen) atoms. The number of imidazole rings is 1. The number of amides is 2. The summed E-state index contributed by atoms with van der Waals surface area (Å²) in [5, 5.41) is 2.62. The molecule has 0 saturated carbocycles. The Morgan fingerprint density at radius 1 is 1.27 bits per heavy atom. The molecule has 0 saturated heterocycles. The minimum Gasteiger partial charge on any atom is -0.497 e. The number of rotatable bonds is 7. The van der Waals surface area contributed by atoms with Crippen LogP contribution in [0.2, 0.25) is 5.15 Å². The fourth-order valence-corrected chi connectivity index (χ4v) is 3.35. The van der Waals surface area contributed by atoms with Crippen LogP contribution in [0.15, 0.2) is 18.2 Å². The molecule has 0 fully saturated rings. The van der Waals surface area contributed by atoms with Crippen molar-refractivity contribution in [1.82, 2.24) is 19.9 Å². The molecule has 0 spiro atoms. The number of ether oxygens (including phenoxy) is 1. The van der Waals surface area contributed by atoms with E-state index < -0.39 is 11.8 Å². The number of carbonyl (C=O) groups is 2. The highest BCUT2D eigenvalue weighted by Gasteiger charge is 2.27. The van der Waals surface area contributed by atoms with Gasteiger partial charge in [0, 0.05) is 6.07 Å². The third-order valence-electron chi connectivity index (χ3n) is 4.54. The van der Waals surface area contributed by atoms with Crippen molar-refractivity contribution in [3.8, 4) is 5.75 Å². The summed E-state index contributed by atoms with van der Waals surface area (Å²) in [6.45, 7) is 2.54. The van der Waals surface area contributed by atoms with Gasteiger partial charge < -0.3 is 27.3 Å². The van der Waals surface area contributed by atoms with Gasteiger partial charge in [-0.2, -0.15) is 0 Å². The van der Waals surface area contributed by atoms with Crippen molar-refractivity contribution in [3.05, 3.63) is 34.9 Å². The molecule has 7 N–H and O–H groups in total. The van der Waals surface area contributed by atoms with E-state index in [2.05, 4.69) is 15.3 Å². The van der Waals surface area contributed by atoms with E-state index in [0.29, 0.717) is 18.1 Å². The molecule has 3 rings (SSSR count). The summed E-state index contributed by atoms with van der Waals surface area (Å²) in [5.74, 6) is 0.0132. The van der Waals surface area contributed by atoms with Crippen molar-refractivity contribution in [2.75, 3.05) is 18.6 Å². The number of nitrogens with two attached hydrogens (primary N) is 3. The van der Waals surface area contributed by atoms with Crippen molar-refractivity contribution in [2.24, 2.45) is 5.73 Å². The fraction of sp³-hybridized carbons (Fsp3) is 0.278. The third-order valence-corrected chi connectivity index (χ3v) is 4.82. The van der Waals surface area contributed by atoms with Gasteiger partial charge in [-0.05, 0) is 19.1 Å². The number of carbonyl (C=O) groups excluding carboxylic acids is 2. The van der Waals surface area contributed by atoms with E-state index in [9.17, 15) is 9.59 Å². The lowest BCUT2D eigenvalue weighted by atomic mass is 10.3. The maximum Gasteiger partial charge on any atom is 0.277 e. The first-order chi connectivity index (χ1) is 14.3. The largest absolute Gasteiger partial charge is 0.497 e. The number of nitrogens with one attached hydrogen (secondary N) is 1. The van der Waals surface area contributed by atoms with E-state index in [1.165, 1.54) is 0 Å². The van der Waals surface area contributed by atoms with E-state index in [-0.39, 0.29) is 35.6 Å². The Morgan fingerprint density at radius 2 is 2.00 bits per heavy atom. The quantitative estimate of drug-likeness (QED) is 0.379. The molecular weight excluding hydrogens is 412 g/mol. The zero-order valence-corrected chi connectivity index (χ0v) is 17.2. The van der Waals surface area contributed by atoms with Gasteiger partial charge in [-0.1, -0.05) is 11.6 Å². The molecular formula is C18H22ClN8O3+. The molecule has 0 radical (unpaired) electrons. The maximum atomic E-state index is 12.6. The Morgan fingerprint density at radius 3 is 2.63 bits per heavy atom. The second-order valence-electron chi connectivity index (χ2n) is 6.38. The van der Waals surface area contributed by atoms with Gasteiger partial charge in [0.2, 0.25) is 0 Å². The number of nitrogen functional groups attached to an aromatic ring is 2. The Hall–Kier alpha value is -3.60. The number of nitrogens with zero attached hydrogens (tertiary/aromatic N) is 4. The highest BCUT2D eigenvalue weighted by molar-refractivity contribution is 6.31. The lowest BCUT2D eigenvalue weighted by molar-refractivity contribution is -0.667. The minimum absolute atomic E-state index is 0.0589. The molecule has 158 valence electrons. The summed E-state index contributed by atoms with van der Waals surface area (Å²) < 4.78 is 9.00. The number of benzene rings is 1. The number of hydrogen-bond donors (Lipinski definition) is 4. The van der Waals surface area contributed by atoms with E-state index in [4.69, 9.17) is 33.5 Å². The van der Waals surface area contributed by atoms with Crippen LogP contribution in [0.4, 0.5) is 11.6 Å². The van der Waals surface area contributed by atoms with Crippen LogP contribution in [-0.4, -0.2) is 33.5 Å². The van der Waals surface area contributed by atoms with Crippen LogP contribution >= 0.6 is 11.6 Å². The summed E-state index contributed by atoms with van der Waals surface area (Å²) in [4.78, 5) is 32.0. The Bertz CT molecular complexity index is 1140. The van der Waals surface area contributed by atoms with Gasteiger partial charge in [0.05, 0.1) is 13.7 Å². The van der Waals surface area contributed by atoms with Gasteiger partial charge in [0.25, 0.3) is 17.6 Å². The molecule has 0 unspecified atom stereocenters. The molecule has 11 nitrogen and oxygen atoms in total. The SMILES string of the molecule is CCn1c(CNC(=O)c2nc(Cl)c(N)nc2N)[n+](CC(N)=O)c2ccc(OC)cc21. The Kier molecular flexibility index (Phi) is 5.92. The number of halogens is 1. The second-order valence-corrected chi connectivity index (χ2v) is 6.74. The number of fused-ring (bicyclic) bond motifs is 1. The fourth-order valence-electron chi connectivity index (χ4n) is 3.23. The molecule has 2 amide bonds. The number of anilines is 2. The molecule has 0 bridgehead atoms.